The van der Waals surface area contributed by atoms with E-state index < -0.39 is 5.82 Å². The van der Waals surface area contributed by atoms with Gasteiger partial charge in [-0.05, 0) is 24.6 Å². The standard InChI is InChI=1S/C8H9FO2/c1-5-2-8(11)6(4-10)3-7(5)9/h2-3,10-11H,4H2,1H3. The Morgan fingerprint density at radius 2 is 2.09 bits per heavy atom. The molecule has 0 aliphatic carbocycles. The van der Waals surface area contributed by atoms with E-state index in [1.807, 2.05) is 0 Å². The Kier molecular flexibility index (Phi) is 2.10. The number of benzene rings is 1. The van der Waals surface area contributed by atoms with Crippen molar-refractivity contribution < 1.29 is 14.6 Å². The van der Waals surface area contributed by atoms with Crippen molar-refractivity contribution in [3.8, 4) is 5.75 Å². The number of aromatic hydroxyl groups is 1. The molecular formula is C8H9FO2. The van der Waals surface area contributed by atoms with Crippen LogP contribution in [0.4, 0.5) is 4.39 Å². The predicted octanol–water partition coefficient (Wildman–Crippen LogP) is 1.33. The van der Waals surface area contributed by atoms with Crippen molar-refractivity contribution in [2.75, 3.05) is 0 Å². The van der Waals surface area contributed by atoms with Crippen molar-refractivity contribution in [2.45, 2.75) is 13.5 Å². The van der Waals surface area contributed by atoms with E-state index in [2.05, 4.69) is 0 Å². The van der Waals surface area contributed by atoms with Crippen LogP contribution >= 0.6 is 0 Å². The van der Waals surface area contributed by atoms with Gasteiger partial charge in [-0.1, -0.05) is 0 Å². The largest absolute Gasteiger partial charge is 0.508 e. The zero-order valence-corrected chi connectivity index (χ0v) is 6.13. The molecule has 2 nitrogen and oxygen atoms in total. The molecule has 0 amide bonds. The van der Waals surface area contributed by atoms with E-state index in [-0.39, 0.29) is 17.9 Å². The first-order chi connectivity index (χ1) is 5.15. The zero-order chi connectivity index (χ0) is 8.43. The summed E-state index contributed by atoms with van der Waals surface area (Å²) >= 11 is 0. The molecule has 0 fully saturated rings. The van der Waals surface area contributed by atoms with Crippen molar-refractivity contribution >= 4 is 0 Å². The fraction of sp³-hybridized carbons (Fsp3) is 0.250. The Labute approximate surface area is 63.9 Å². The van der Waals surface area contributed by atoms with E-state index in [1.54, 1.807) is 6.92 Å². The number of aliphatic hydroxyl groups excluding tert-OH is 1. The van der Waals surface area contributed by atoms with Gasteiger partial charge >= 0.3 is 0 Å². The van der Waals surface area contributed by atoms with E-state index in [4.69, 9.17) is 10.2 Å². The minimum absolute atomic E-state index is 0.0635. The quantitative estimate of drug-likeness (QED) is 0.644. The van der Waals surface area contributed by atoms with Gasteiger partial charge in [-0.25, -0.2) is 4.39 Å². The highest BCUT2D eigenvalue weighted by atomic mass is 19.1. The lowest BCUT2D eigenvalue weighted by Gasteiger charge is -2.02. The molecule has 0 bridgehead atoms. The molecule has 1 aromatic carbocycles. The lowest BCUT2D eigenvalue weighted by molar-refractivity contribution is 0.274. The van der Waals surface area contributed by atoms with Crippen LogP contribution in [0.1, 0.15) is 11.1 Å². The molecule has 2 N–H and O–H groups in total. The Balaban J connectivity index is 3.21. The molecule has 0 saturated carbocycles. The van der Waals surface area contributed by atoms with Gasteiger partial charge in [0.25, 0.3) is 0 Å². The maximum Gasteiger partial charge on any atom is 0.126 e. The molecule has 0 atom stereocenters. The van der Waals surface area contributed by atoms with E-state index >= 15 is 0 Å². The normalized spacial score (nSPS) is 10.1. The molecule has 11 heavy (non-hydrogen) atoms. The smallest absolute Gasteiger partial charge is 0.126 e. The van der Waals surface area contributed by atoms with Crippen LogP contribution < -0.4 is 0 Å². The molecule has 0 aliphatic heterocycles. The van der Waals surface area contributed by atoms with E-state index in [1.165, 1.54) is 6.07 Å². The number of aliphatic hydroxyl groups is 1. The first kappa shape index (κ1) is 8.01. The minimum Gasteiger partial charge on any atom is -0.508 e. The summed E-state index contributed by atoms with van der Waals surface area (Å²) in [5.41, 5.74) is 0.591. The van der Waals surface area contributed by atoms with Crippen LogP contribution in [-0.2, 0) is 6.61 Å². The van der Waals surface area contributed by atoms with Crippen LogP contribution in [0.15, 0.2) is 12.1 Å². The van der Waals surface area contributed by atoms with Gasteiger partial charge in [-0.2, -0.15) is 0 Å². The van der Waals surface area contributed by atoms with Gasteiger partial charge in [0.05, 0.1) is 6.61 Å². The number of hydrogen-bond acceptors (Lipinski definition) is 2. The first-order valence-corrected chi connectivity index (χ1v) is 3.24. The van der Waals surface area contributed by atoms with Gasteiger partial charge in [-0.3, -0.25) is 0 Å². The lowest BCUT2D eigenvalue weighted by Crippen LogP contribution is -1.89. The monoisotopic (exact) mass is 156 g/mol. The van der Waals surface area contributed by atoms with E-state index in [0.717, 1.165) is 6.07 Å². The summed E-state index contributed by atoms with van der Waals surface area (Å²) in [4.78, 5) is 0. The van der Waals surface area contributed by atoms with Gasteiger partial charge in [0.1, 0.15) is 11.6 Å². The van der Waals surface area contributed by atoms with Gasteiger partial charge < -0.3 is 10.2 Å². The summed E-state index contributed by atoms with van der Waals surface area (Å²) in [6.07, 6.45) is 0. The third-order valence-electron chi connectivity index (χ3n) is 1.53. The highest BCUT2D eigenvalue weighted by molar-refractivity contribution is 5.36. The SMILES string of the molecule is Cc1cc(O)c(CO)cc1F. The topological polar surface area (TPSA) is 40.5 Å². The first-order valence-electron chi connectivity index (χ1n) is 3.24. The maximum atomic E-state index is 12.7. The van der Waals surface area contributed by atoms with Crippen molar-refractivity contribution in [2.24, 2.45) is 0 Å². The average molecular weight is 156 g/mol. The Bertz CT molecular complexity index is 271. The molecule has 1 rings (SSSR count). The molecule has 0 aromatic heterocycles. The van der Waals surface area contributed by atoms with E-state index in [9.17, 15) is 4.39 Å². The summed E-state index contributed by atoms with van der Waals surface area (Å²) in [6, 6.07) is 2.42. The second-order valence-corrected chi connectivity index (χ2v) is 2.39. The van der Waals surface area contributed by atoms with E-state index in [0.29, 0.717) is 5.56 Å². The van der Waals surface area contributed by atoms with Crippen molar-refractivity contribution in [3.05, 3.63) is 29.1 Å². The number of aryl methyl sites for hydroxylation is 1. The fourth-order valence-electron chi connectivity index (χ4n) is 0.834. The van der Waals surface area contributed by atoms with Gasteiger partial charge in [0, 0.05) is 5.56 Å². The molecule has 0 radical (unpaired) electrons. The molecule has 0 unspecified atom stereocenters. The second-order valence-electron chi connectivity index (χ2n) is 2.39. The molecule has 0 saturated heterocycles. The third kappa shape index (κ3) is 1.49. The van der Waals surface area contributed by atoms with Crippen molar-refractivity contribution in [1.82, 2.24) is 0 Å². The Morgan fingerprint density at radius 3 is 2.64 bits per heavy atom. The molecular weight excluding hydrogens is 147 g/mol. The minimum atomic E-state index is -0.410. The van der Waals surface area contributed by atoms with Crippen LogP contribution in [0.25, 0.3) is 0 Å². The van der Waals surface area contributed by atoms with Crippen molar-refractivity contribution in [1.29, 1.82) is 0 Å². The highest BCUT2D eigenvalue weighted by Crippen LogP contribution is 2.20. The highest BCUT2D eigenvalue weighted by Gasteiger charge is 2.04. The molecule has 3 heteroatoms. The maximum absolute atomic E-state index is 12.7. The molecule has 60 valence electrons. The average Bonchev–Trinajstić information content (AvgIpc) is 1.97. The fourth-order valence-corrected chi connectivity index (χ4v) is 0.834. The van der Waals surface area contributed by atoms with Crippen LogP contribution in [0.3, 0.4) is 0 Å². The summed E-state index contributed by atoms with van der Waals surface area (Å²) in [5.74, 6) is -0.474. The lowest BCUT2D eigenvalue weighted by atomic mass is 10.1. The zero-order valence-electron chi connectivity index (χ0n) is 6.13. The van der Waals surface area contributed by atoms with Gasteiger partial charge in [0.2, 0.25) is 0 Å². The second kappa shape index (κ2) is 2.88. The summed E-state index contributed by atoms with van der Waals surface area (Å²) < 4.78 is 12.7. The Morgan fingerprint density at radius 1 is 1.45 bits per heavy atom. The van der Waals surface area contributed by atoms with Crippen LogP contribution in [0.2, 0.25) is 0 Å². The van der Waals surface area contributed by atoms with Crippen LogP contribution in [0.5, 0.6) is 5.75 Å². The molecule has 0 heterocycles. The number of rotatable bonds is 1. The number of halogens is 1. The molecule has 0 aliphatic rings. The van der Waals surface area contributed by atoms with Gasteiger partial charge in [0.15, 0.2) is 0 Å². The molecule has 0 spiro atoms. The summed E-state index contributed by atoms with van der Waals surface area (Å²) in [5, 5.41) is 17.7. The predicted molar refractivity (Wildman–Crippen MR) is 38.7 cm³/mol. The van der Waals surface area contributed by atoms with Crippen LogP contribution in [-0.4, -0.2) is 10.2 Å². The molecule has 1 aromatic rings. The van der Waals surface area contributed by atoms with Crippen LogP contribution in [0, 0.1) is 12.7 Å². The summed E-state index contributed by atoms with van der Waals surface area (Å²) in [6.45, 7) is 1.21. The third-order valence-corrected chi connectivity index (χ3v) is 1.53. The Hall–Kier alpha value is -1.09. The number of phenols is 1. The summed E-state index contributed by atoms with van der Waals surface area (Å²) in [7, 11) is 0. The van der Waals surface area contributed by atoms with Crippen molar-refractivity contribution in [3.63, 3.8) is 0 Å². The van der Waals surface area contributed by atoms with Gasteiger partial charge in [-0.15, -0.1) is 0 Å². The number of hydrogen-bond donors (Lipinski definition) is 2.